The van der Waals surface area contributed by atoms with Gasteiger partial charge in [-0.05, 0) is 44.9 Å². The molecule has 2 atom stereocenters. The molecule has 4 fully saturated rings. The quantitative estimate of drug-likeness (QED) is 0.487. The monoisotopic (exact) mass is 434 g/mol. The van der Waals surface area contributed by atoms with E-state index in [1.807, 2.05) is 6.07 Å². The number of carbonyl (C=O) groups excluding carboxylic acids is 2. The molecule has 6 nitrogen and oxygen atoms in total. The lowest BCUT2D eigenvalue weighted by Crippen LogP contribution is -2.60. The van der Waals surface area contributed by atoms with Crippen molar-refractivity contribution in [3.05, 3.63) is 0 Å². The first kappa shape index (κ1) is 24.0. The van der Waals surface area contributed by atoms with Gasteiger partial charge in [-0.25, -0.2) is 4.39 Å². The fraction of sp³-hybridized carbons (Fsp3) is 0.875. The molecular formula is C24H39FN4O2. The first-order valence-corrected chi connectivity index (χ1v) is 12.3. The van der Waals surface area contributed by atoms with Crippen LogP contribution in [0.25, 0.3) is 0 Å². The van der Waals surface area contributed by atoms with Gasteiger partial charge in [0, 0.05) is 23.9 Å². The second-order valence-corrected chi connectivity index (χ2v) is 9.96. The average molecular weight is 435 g/mol. The van der Waals surface area contributed by atoms with E-state index in [1.54, 1.807) is 0 Å². The molecule has 2 unspecified atom stereocenters. The number of unbranched alkanes of at least 4 members (excludes halogenated alkanes) is 5. The molecule has 0 radical (unpaired) electrons. The molecule has 4 rings (SSSR count). The lowest BCUT2D eigenvalue weighted by atomic mass is 9.57. The molecule has 1 saturated heterocycles. The summed E-state index contributed by atoms with van der Waals surface area (Å²) in [6, 6.07) is 1.39. The Kier molecular flexibility index (Phi) is 8.32. The minimum absolute atomic E-state index is 0.0215. The van der Waals surface area contributed by atoms with Crippen LogP contribution >= 0.6 is 0 Å². The molecule has 2 bridgehead atoms. The molecule has 7 heteroatoms. The summed E-state index contributed by atoms with van der Waals surface area (Å²) in [5.41, 5.74) is -0.341. The van der Waals surface area contributed by atoms with Crippen LogP contribution in [0.1, 0.15) is 90.4 Å². The molecule has 3 aliphatic carbocycles. The standard InChI is InChI=1S/C24H39FN4O2/c1-2-3-4-5-6-7-14-27-22(31)23-8-11-24(12-9-23,13-10-23)28-17-21(30)29-18-19(25)15-20(29)16-26/h19-20,28H,2-15,17-18H2,1H3,(H,27,31). The van der Waals surface area contributed by atoms with Gasteiger partial charge >= 0.3 is 0 Å². The van der Waals surface area contributed by atoms with Crippen LogP contribution < -0.4 is 10.6 Å². The summed E-state index contributed by atoms with van der Waals surface area (Å²) in [5.74, 6) is 0.0218. The zero-order valence-electron chi connectivity index (χ0n) is 19.1. The van der Waals surface area contributed by atoms with Gasteiger partial charge in [-0.3, -0.25) is 9.59 Å². The molecule has 0 spiro atoms. The van der Waals surface area contributed by atoms with E-state index in [0.29, 0.717) is 0 Å². The third-order valence-corrected chi connectivity index (χ3v) is 7.88. The van der Waals surface area contributed by atoms with Crippen LogP contribution in [0.5, 0.6) is 0 Å². The number of alkyl halides is 1. The van der Waals surface area contributed by atoms with Gasteiger partial charge in [-0.2, -0.15) is 5.26 Å². The van der Waals surface area contributed by atoms with Crippen LogP contribution in [0.2, 0.25) is 0 Å². The van der Waals surface area contributed by atoms with Gasteiger partial charge < -0.3 is 15.5 Å². The number of hydrogen-bond acceptors (Lipinski definition) is 4. The number of halogens is 1. The van der Waals surface area contributed by atoms with E-state index in [-0.39, 0.29) is 42.3 Å². The lowest BCUT2D eigenvalue weighted by Gasteiger charge is -2.53. The number of amides is 2. The molecule has 31 heavy (non-hydrogen) atoms. The van der Waals surface area contributed by atoms with Crippen molar-refractivity contribution in [2.75, 3.05) is 19.6 Å². The topological polar surface area (TPSA) is 85.2 Å². The maximum absolute atomic E-state index is 13.6. The van der Waals surface area contributed by atoms with Gasteiger partial charge in [0.25, 0.3) is 0 Å². The van der Waals surface area contributed by atoms with Crippen molar-refractivity contribution >= 4 is 11.8 Å². The zero-order chi connectivity index (χ0) is 22.3. The zero-order valence-corrected chi connectivity index (χ0v) is 19.1. The molecule has 3 saturated carbocycles. The molecular weight excluding hydrogens is 395 g/mol. The van der Waals surface area contributed by atoms with Crippen molar-refractivity contribution in [3.8, 4) is 6.07 Å². The number of nitriles is 1. The Hall–Kier alpha value is -1.68. The van der Waals surface area contributed by atoms with Crippen LogP contribution in [0.3, 0.4) is 0 Å². The fourth-order valence-electron chi connectivity index (χ4n) is 5.63. The Labute approximate surface area is 186 Å². The molecule has 4 aliphatic rings. The summed E-state index contributed by atoms with van der Waals surface area (Å²) in [6.07, 6.45) is 11.6. The number of hydrogen-bond donors (Lipinski definition) is 2. The Morgan fingerprint density at radius 2 is 1.71 bits per heavy atom. The molecule has 1 heterocycles. The third-order valence-electron chi connectivity index (χ3n) is 7.88. The number of nitrogens with one attached hydrogen (secondary N) is 2. The lowest BCUT2D eigenvalue weighted by molar-refractivity contribution is -0.139. The van der Waals surface area contributed by atoms with Gasteiger partial charge in [0.15, 0.2) is 0 Å². The van der Waals surface area contributed by atoms with Crippen LogP contribution in [0, 0.1) is 16.7 Å². The maximum Gasteiger partial charge on any atom is 0.237 e. The average Bonchev–Trinajstić information content (AvgIpc) is 3.19. The number of nitrogens with zero attached hydrogens (tertiary/aromatic N) is 2. The minimum atomic E-state index is -1.11. The molecule has 2 N–H and O–H groups in total. The van der Waals surface area contributed by atoms with Gasteiger partial charge in [0.05, 0.1) is 19.2 Å². The Morgan fingerprint density at radius 1 is 1.06 bits per heavy atom. The van der Waals surface area contributed by atoms with Crippen molar-refractivity contribution in [2.24, 2.45) is 5.41 Å². The number of fused-ring (bicyclic) bond motifs is 3. The molecule has 0 aromatic carbocycles. The van der Waals surface area contributed by atoms with E-state index in [9.17, 15) is 14.0 Å². The number of likely N-dealkylation sites (tertiary alicyclic amines) is 1. The van der Waals surface area contributed by atoms with Crippen LogP contribution in [0.15, 0.2) is 0 Å². The Morgan fingerprint density at radius 3 is 2.35 bits per heavy atom. The predicted octanol–water partition coefficient (Wildman–Crippen LogP) is 3.61. The van der Waals surface area contributed by atoms with E-state index >= 15 is 0 Å². The van der Waals surface area contributed by atoms with E-state index in [4.69, 9.17) is 5.26 Å². The number of rotatable bonds is 11. The minimum Gasteiger partial charge on any atom is -0.356 e. The normalized spacial score (nSPS) is 32.1. The summed E-state index contributed by atoms with van der Waals surface area (Å²) < 4.78 is 13.6. The third kappa shape index (κ3) is 5.77. The van der Waals surface area contributed by atoms with Gasteiger partial charge in [0.2, 0.25) is 11.8 Å². The van der Waals surface area contributed by atoms with Gasteiger partial charge in [0.1, 0.15) is 12.2 Å². The SMILES string of the molecule is CCCCCCCCNC(=O)C12CCC(NCC(=O)N3CC(F)CC3C#N)(CC1)CC2. The highest BCUT2D eigenvalue weighted by molar-refractivity contribution is 5.83. The summed E-state index contributed by atoms with van der Waals surface area (Å²) in [4.78, 5) is 26.8. The Bertz CT molecular complexity index is 652. The highest BCUT2D eigenvalue weighted by Crippen LogP contribution is 2.52. The summed E-state index contributed by atoms with van der Waals surface area (Å²) in [7, 11) is 0. The fourth-order valence-corrected chi connectivity index (χ4v) is 5.63. The summed E-state index contributed by atoms with van der Waals surface area (Å²) in [5, 5.41) is 15.8. The van der Waals surface area contributed by atoms with Crippen molar-refractivity contribution < 1.29 is 14.0 Å². The largest absolute Gasteiger partial charge is 0.356 e. The molecule has 174 valence electrons. The molecule has 0 aromatic rings. The second-order valence-electron chi connectivity index (χ2n) is 9.96. The molecule has 0 aromatic heterocycles. The van der Waals surface area contributed by atoms with Crippen LogP contribution in [-0.2, 0) is 9.59 Å². The van der Waals surface area contributed by atoms with Gasteiger partial charge in [-0.15, -0.1) is 0 Å². The first-order valence-electron chi connectivity index (χ1n) is 12.3. The van der Waals surface area contributed by atoms with Crippen molar-refractivity contribution in [1.82, 2.24) is 15.5 Å². The maximum atomic E-state index is 13.6. The van der Waals surface area contributed by atoms with Crippen molar-refractivity contribution in [1.29, 1.82) is 5.26 Å². The van der Waals surface area contributed by atoms with E-state index < -0.39 is 12.2 Å². The Balaban J connectivity index is 1.39. The van der Waals surface area contributed by atoms with E-state index in [0.717, 1.165) is 51.5 Å². The van der Waals surface area contributed by atoms with Crippen molar-refractivity contribution in [2.45, 2.75) is 108 Å². The van der Waals surface area contributed by atoms with Gasteiger partial charge in [-0.1, -0.05) is 39.0 Å². The van der Waals surface area contributed by atoms with E-state index in [1.165, 1.54) is 37.0 Å². The summed E-state index contributed by atoms with van der Waals surface area (Å²) >= 11 is 0. The molecule has 1 aliphatic heterocycles. The summed E-state index contributed by atoms with van der Waals surface area (Å²) in [6.45, 7) is 3.15. The van der Waals surface area contributed by atoms with Crippen LogP contribution in [-0.4, -0.2) is 54.1 Å². The molecule has 2 amide bonds. The first-order chi connectivity index (χ1) is 14.9. The highest BCUT2D eigenvalue weighted by atomic mass is 19.1. The number of carbonyl (C=O) groups is 2. The van der Waals surface area contributed by atoms with Crippen LogP contribution in [0.4, 0.5) is 4.39 Å². The highest BCUT2D eigenvalue weighted by Gasteiger charge is 2.52. The van der Waals surface area contributed by atoms with E-state index in [2.05, 4.69) is 17.6 Å². The smallest absolute Gasteiger partial charge is 0.237 e. The van der Waals surface area contributed by atoms with Crippen molar-refractivity contribution in [3.63, 3.8) is 0 Å². The predicted molar refractivity (Wildman–Crippen MR) is 118 cm³/mol. The second kappa shape index (κ2) is 10.8.